The Morgan fingerprint density at radius 3 is 2.45 bits per heavy atom. The fraction of sp³-hybridized carbons (Fsp3) is 0.0833. The van der Waals surface area contributed by atoms with E-state index in [1.807, 2.05) is 0 Å². The molecule has 2 heterocycles. The second kappa shape index (κ2) is 8.62. The number of esters is 1. The molecule has 31 heavy (non-hydrogen) atoms. The highest BCUT2D eigenvalue weighted by molar-refractivity contribution is 6.02. The zero-order chi connectivity index (χ0) is 21.8. The Balaban J connectivity index is 1.81. The van der Waals surface area contributed by atoms with Gasteiger partial charge in [-0.25, -0.2) is 14.3 Å². The van der Waals surface area contributed by atoms with E-state index in [1.54, 1.807) is 79.9 Å². The number of nitrogens with zero attached hydrogens (tertiary/aromatic N) is 3. The van der Waals surface area contributed by atoms with Crippen LogP contribution in [0.2, 0.25) is 0 Å². The van der Waals surface area contributed by atoms with Crippen molar-refractivity contribution in [3.8, 4) is 11.7 Å². The number of benzene rings is 2. The van der Waals surface area contributed by atoms with Crippen molar-refractivity contribution in [2.24, 2.45) is 4.99 Å². The first kappa shape index (κ1) is 20.0. The average molecular weight is 413 g/mol. The van der Waals surface area contributed by atoms with E-state index in [0.29, 0.717) is 40.0 Å². The fourth-order valence-corrected chi connectivity index (χ4v) is 3.22. The predicted molar refractivity (Wildman–Crippen MR) is 119 cm³/mol. The van der Waals surface area contributed by atoms with E-state index in [0.717, 1.165) is 4.57 Å². The molecule has 7 heteroatoms. The number of carbonyl (C=O) groups is 1. The second-order valence-corrected chi connectivity index (χ2v) is 6.64. The summed E-state index contributed by atoms with van der Waals surface area (Å²) >= 11 is 0. The van der Waals surface area contributed by atoms with Gasteiger partial charge in [0.15, 0.2) is 0 Å². The molecule has 2 aromatic heterocycles. The van der Waals surface area contributed by atoms with Crippen LogP contribution >= 0.6 is 0 Å². The van der Waals surface area contributed by atoms with Crippen LogP contribution in [0.4, 0.5) is 5.69 Å². The number of hydrogen-bond acceptors (Lipinski definition) is 6. The van der Waals surface area contributed by atoms with Gasteiger partial charge in [-0.1, -0.05) is 24.3 Å². The maximum absolute atomic E-state index is 13.0. The molecule has 0 saturated heterocycles. The summed E-state index contributed by atoms with van der Waals surface area (Å²) in [6, 6.07) is 18.7. The lowest BCUT2D eigenvalue weighted by Gasteiger charge is -2.12. The summed E-state index contributed by atoms with van der Waals surface area (Å²) in [5.74, 6) is -0.345. The number of pyridine rings is 2. The van der Waals surface area contributed by atoms with E-state index in [1.165, 1.54) is 6.21 Å². The number of carbonyl (C=O) groups excluding carboxylic acids is 1. The minimum absolute atomic E-state index is 0.255. The topological polar surface area (TPSA) is 93.8 Å². The molecule has 154 valence electrons. The molecule has 7 nitrogen and oxygen atoms in total. The second-order valence-electron chi connectivity index (χ2n) is 6.64. The average Bonchev–Trinajstić information content (AvgIpc) is 2.80. The van der Waals surface area contributed by atoms with E-state index in [-0.39, 0.29) is 11.4 Å². The Morgan fingerprint density at radius 2 is 1.77 bits per heavy atom. The molecule has 0 saturated carbocycles. The summed E-state index contributed by atoms with van der Waals surface area (Å²) in [4.78, 5) is 33.4. The van der Waals surface area contributed by atoms with E-state index >= 15 is 0 Å². The largest absolute Gasteiger partial charge is 0.494 e. The third-order valence-electron chi connectivity index (χ3n) is 4.70. The van der Waals surface area contributed by atoms with Crippen LogP contribution in [0.15, 0.2) is 82.7 Å². The highest BCUT2D eigenvalue weighted by Crippen LogP contribution is 2.26. The summed E-state index contributed by atoms with van der Waals surface area (Å²) in [7, 11) is 0. The number of aromatic nitrogens is 2. The van der Waals surface area contributed by atoms with Crippen molar-refractivity contribution in [1.82, 2.24) is 9.55 Å². The fourth-order valence-electron chi connectivity index (χ4n) is 3.22. The smallest absolute Gasteiger partial charge is 0.338 e. The monoisotopic (exact) mass is 413 g/mol. The van der Waals surface area contributed by atoms with Gasteiger partial charge in [0.25, 0.3) is 5.56 Å². The van der Waals surface area contributed by atoms with Crippen molar-refractivity contribution in [3.05, 3.63) is 94.4 Å². The molecular formula is C24H19N3O4. The van der Waals surface area contributed by atoms with Gasteiger partial charge in [-0.15, -0.1) is 0 Å². The first-order chi connectivity index (χ1) is 15.1. The summed E-state index contributed by atoms with van der Waals surface area (Å²) in [6.07, 6.45) is 3.05. The summed E-state index contributed by atoms with van der Waals surface area (Å²) < 4.78 is 6.14. The van der Waals surface area contributed by atoms with Crippen LogP contribution in [0.25, 0.3) is 16.6 Å². The Morgan fingerprint density at radius 1 is 1.06 bits per heavy atom. The molecule has 0 unspecified atom stereocenters. The van der Waals surface area contributed by atoms with Crippen molar-refractivity contribution < 1.29 is 14.6 Å². The standard InChI is InChI=1S/C24H19N3O4/c1-2-31-24(30)16-10-12-17(13-11-16)26-15-20-18-7-3-4-8-19(18)22(28)27(23(20)29)21-9-5-6-14-25-21/h3-15,29H,2H2,1H3. The maximum atomic E-state index is 13.0. The van der Waals surface area contributed by atoms with Gasteiger partial charge in [0.2, 0.25) is 5.88 Å². The Kier molecular flexibility index (Phi) is 5.57. The zero-order valence-electron chi connectivity index (χ0n) is 16.7. The van der Waals surface area contributed by atoms with Gasteiger partial charge in [0, 0.05) is 23.2 Å². The molecule has 4 aromatic rings. The van der Waals surface area contributed by atoms with Gasteiger partial charge in [-0.2, -0.15) is 0 Å². The first-order valence-electron chi connectivity index (χ1n) is 9.69. The molecule has 0 spiro atoms. The highest BCUT2D eigenvalue weighted by atomic mass is 16.5. The highest BCUT2D eigenvalue weighted by Gasteiger charge is 2.16. The van der Waals surface area contributed by atoms with E-state index in [9.17, 15) is 14.7 Å². The molecule has 0 amide bonds. The van der Waals surface area contributed by atoms with Crippen molar-refractivity contribution in [3.63, 3.8) is 0 Å². The normalized spacial score (nSPS) is 11.1. The lowest BCUT2D eigenvalue weighted by molar-refractivity contribution is 0.0526. The molecule has 0 bridgehead atoms. The molecule has 0 atom stereocenters. The van der Waals surface area contributed by atoms with Gasteiger partial charge in [0.1, 0.15) is 5.82 Å². The molecule has 0 aliphatic rings. The van der Waals surface area contributed by atoms with Crippen LogP contribution < -0.4 is 5.56 Å². The Labute approximate surface area is 177 Å². The van der Waals surface area contributed by atoms with Crippen molar-refractivity contribution >= 4 is 28.6 Å². The van der Waals surface area contributed by atoms with E-state index < -0.39 is 5.97 Å². The number of fused-ring (bicyclic) bond motifs is 1. The molecule has 0 radical (unpaired) electrons. The molecule has 1 N–H and O–H groups in total. The zero-order valence-corrected chi connectivity index (χ0v) is 16.7. The molecule has 0 aliphatic heterocycles. The molecular weight excluding hydrogens is 394 g/mol. The molecule has 0 aliphatic carbocycles. The van der Waals surface area contributed by atoms with Crippen LogP contribution in [0, 0.1) is 0 Å². The van der Waals surface area contributed by atoms with Crippen LogP contribution in [0.1, 0.15) is 22.8 Å². The summed E-state index contributed by atoms with van der Waals surface area (Å²) in [5.41, 5.74) is 1.02. The van der Waals surface area contributed by atoms with Crippen LogP contribution in [0.5, 0.6) is 5.88 Å². The van der Waals surface area contributed by atoms with Gasteiger partial charge in [0.05, 0.1) is 23.4 Å². The number of hydrogen-bond donors (Lipinski definition) is 1. The number of aromatic hydroxyl groups is 1. The van der Waals surface area contributed by atoms with Gasteiger partial charge >= 0.3 is 5.97 Å². The third-order valence-corrected chi connectivity index (χ3v) is 4.70. The summed E-state index contributed by atoms with van der Waals surface area (Å²) in [5, 5.41) is 12.0. The van der Waals surface area contributed by atoms with Crippen molar-refractivity contribution in [2.45, 2.75) is 6.92 Å². The van der Waals surface area contributed by atoms with Gasteiger partial charge in [-0.05, 0) is 49.4 Å². The number of ether oxygens (including phenoxy) is 1. The number of aliphatic imine (C=N–C) groups is 1. The Bertz CT molecular complexity index is 1330. The quantitative estimate of drug-likeness (QED) is 0.394. The molecule has 0 fully saturated rings. The van der Waals surface area contributed by atoms with Crippen LogP contribution in [0.3, 0.4) is 0 Å². The summed E-state index contributed by atoms with van der Waals surface area (Å²) in [6.45, 7) is 2.05. The van der Waals surface area contributed by atoms with E-state index in [4.69, 9.17) is 4.74 Å². The van der Waals surface area contributed by atoms with Gasteiger partial charge in [-0.3, -0.25) is 9.79 Å². The predicted octanol–water partition coefficient (Wildman–Crippen LogP) is 4.02. The lowest BCUT2D eigenvalue weighted by Crippen LogP contribution is -2.20. The molecule has 4 rings (SSSR count). The van der Waals surface area contributed by atoms with Gasteiger partial charge < -0.3 is 9.84 Å². The minimum Gasteiger partial charge on any atom is -0.494 e. The van der Waals surface area contributed by atoms with Crippen LogP contribution in [-0.4, -0.2) is 33.4 Å². The van der Waals surface area contributed by atoms with Crippen LogP contribution in [-0.2, 0) is 4.74 Å². The lowest BCUT2D eigenvalue weighted by atomic mass is 10.1. The third kappa shape index (κ3) is 3.93. The molecule has 2 aromatic carbocycles. The van der Waals surface area contributed by atoms with E-state index in [2.05, 4.69) is 9.98 Å². The maximum Gasteiger partial charge on any atom is 0.338 e. The SMILES string of the molecule is CCOC(=O)c1ccc(N=Cc2c(O)n(-c3ccccn3)c(=O)c3ccccc23)cc1. The van der Waals surface area contributed by atoms with Crippen molar-refractivity contribution in [2.75, 3.05) is 6.61 Å². The number of rotatable bonds is 5. The first-order valence-corrected chi connectivity index (χ1v) is 9.69. The minimum atomic E-state index is -0.399. The van der Waals surface area contributed by atoms with Crippen molar-refractivity contribution in [1.29, 1.82) is 0 Å². The Hall–Kier alpha value is -4.26.